The van der Waals surface area contributed by atoms with Gasteiger partial charge in [0, 0.05) is 38.0 Å². The van der Waals surface area contributed by atoms with Gasteiger partial charge in [0.2, 0.25) is 27.7 Å². The monoisotopic (exact) mass is 686 g/mol. The highest BCUT2D eigenvalue weighted by Gasteiger charge is 2.34. The Bertz CT molecular complexity index is 1620. The zero-order valence-electron chi connectivity index (χ0n) is 27.9. The Hall–Kier alpha value is -4.50. The molecule has 0 unspecified atom stereocenters. The van der Waals surface area contributed by atoms with E-state index in [1.54, 1.807) is 56.0 Å². The smallest absolute Gasteiger partial charge is 0.303 e. The number of hydrogen-bond acceptors (Lipinski definition) is 8. The van der Waals surface area contributed by atoms with E-state index in [1.807, 2.05) is 0 Å². The van der Waals surface area contributed by atoms with Crippen LogP contribution in [0.2, 0.25) is 0 Å². The molecular weight excluding hydrogens is 640 g/mol. The minimum Gasteiger partial charge on any atom is -0.496 e. The van der Waals surface area contributed by atoms with Gasteiger partial charge in [0.1, 0.15) is 23.7 Å². The standard InChI is InChI=1S/C33H46N6O8S/c1-20-17-27(47-4)21(2)22(3)30(20)48(45,46)38-25(19-28(40)36-14-8-9-29(41)42)32(43)37-26(33(44)39-15-6-5-7-16-39)18-23-10-12-24(13-11-23)31(34)35/h10-13,17,25-26,38H,5-9,14-16,18-19H2,1-4H3,(H3,34,35)(H,36,40)(H,37,43)(H,41,42)/t25-,26-/m0/s1. The number of nitrogen functional groups attached to an aromatic ring is 1. The summed E-state index contributed by atoms with van der Waals surface area (Å²) in [6.07, 6.45) is 2.01. The number of carbonyl (C=O) groups excluding carboxylic acids is 3. The summed E-state index contributed by atoms with van der Waals surface area (Å²) in [6.45, 7) is 5.96. The topological polar surface area (TPSA) is 221 Å². The number of hydrogen-bond donors (Lipinski definition) is 6. The molecule has 262 valence electrons. The number of nitrogens with two attached hydrogens (primary N) is 1. The number of piperidine rings is 1. The number of carboxylic acids is 1. The highest BCUT2D eigenvalue weighted by atomic mass is 32.2. The quantitative estimate of drug-likeness (QED) is 0.0858. The maximum atomic E-state index is 13.9. The van der Waals surface area contributed by atoms with E-state index < -0.39 is 46.3 Å². The second-order valence-electron chi connectivity index (χ2n) is 12.0. The van der Waals surface area contributed by atoms with E-state index in [9.17, 15) is 27.6 Å². The van der Waals surface area contributed by atoms with Crippen molar-refractivity contribution in [3.8, 4) is 5.75 Å². The maximum Gasteiger partial charge on any atom is 0.303 e. The van der Waals surface area contributed by atoms with Gasteiger partial charge in [-0.15, -0.1) is 0 Å². The van der Waals surface area contributed by atoms with Crippen LogP contribution in [-0.4, -0.2) is 86.8 Å². The van der Waals surface area contributed by atoms with Crippen LogP contribution in [-0.2, 0) is 35.6 Å². The fraction of sp³-hybridized carbons (Fsp3) is 0.485. The van der Waals surface area contributed by atoms with Gasteiger partial charge in [-0.25, -0.2) is 8.42 Å². The molecule has 0 radical (unpaired) electrons. The molecule has 3 amide bonds. The molecule has 48 heavy (non-hydrogen) atoms. The highest BCUT2D eigenvalue weighted by Crippen LogP contribution is 2.30. The van der Waals surface area contributed by atoms with Crippen molar-refractivity contribution < 1.29 is 37.4 Å². The second-order valence-corrected chi connectivity index (χ2v) is 13.6. The summed E-state index contributed by atoms with van der Waals surface area (Å²) >= 11 is 0. The minimum absolute atomic E-state index is 0.00838. The van der Waals surface area contributed by atoms with Crippen LogP contribution in [0.5, 0.6) is 5.75 Å². The summed E-state index contributed by atoms with van der Waals surface area (Å²) < 4.78 is 35.5. The third-order valence-corrected chi connectivity index (χ3v) is 10.1. The van der Waals surface area contributed by atoms with Crippen LogP contribution in [0.4, 0.5) is 0 Å². The molecule has 2 atom stereocenters. The number of benzene rings is 2. The third kappa shape index (κ3) is 10.2. The molecule has 0 saturated carbocycles. The lowest BCUT2D eigenvalue weighted by molar-refractivity contribution is -0.138. The van der Waals surface area contributed by atoms with Crippen molar-refractivity contribution in [2.75, 3.05) is 26.7 Å². The number of nitrogens with zero attached hydrogens (tertiary/aromatic N) is 1. The molecule has 0 aromatic heterocycles. The number of likely N-dealkylation sites (tertiary alicyclic amines) is 1. The summed E-state index contributed by atoms with van der Waals surface area (Å²) in [5.74, 6) is -2.55. The average Bonchev–Trinajstić information content (AvgIpc) is 3.04. The average molecular weight is 687 g/mol. The predicted molar refractivity (Wildman–Crippen MR) is 179 cm³/mol. The Morgan fingerprint density at radius 1 is 1.02 bits per heavy atom. The normalized spacial score (nSPS) is 14.5. The summed E-state index contributed by atoms with van der Waals surface area (Å²) in [4.78, 5) is 53.1. The first-order valence-electron chi connectivity index (χ1n) is 15.8. The molecule has 1 fully saturated rings. The first-order chi connectivity index (χ1) is 22.6. The number of amides is 3. The van der Waals surface area contributed by atoms with E-state index in [2.05, 4.69) is 15.4 Å². The number of aliphatic carboxylic acids is 1. The number of amidine groups is 1. The number of carboxylic acid groups (broad SMARTS) is 1. The van der Waals surface area contributed by atoms with Gasteiger partial charge in [0.05, 0.1) is 18.4 Å². The zero-order valence-corrected chi connectivity index (χ0v) is 28.7. The molecule has 3 rings (SSSR count). The molecule has 7 N–H and O–H groups in total. The van der Waals surface area contributed by atoms with Gasteiger partial charge in [0.25, 0.3) is 0 Å². The van der Waals surface area contributed by atoms with E-state index in [-0.39, 0.29) is 42.4 Å². The van der Waals surface area contributed by atoms with Crippen LogP contribution in [0, 0.1) is 26.2 Å². The van der Waals surface area contributed by atoms with E-state index in [0.29, 0.717) is 46.7 Å². The van der Waals surface area contributed by atoms with Crippen LogP contribution in [0.15, 0.2) is 35.2 Å². The van der Waals surface area contributed by atoms with Crippen molar-refractivity contribution in [3.05, 3.63) is 58.1 Å². The molecular formula is C33H46N6O8S. The van der Waals surface area contributed by atoms with E-state index in [0.717, 1.165) is 19.3 Å². The van der Waals surface area contributed by atoms with Crippen molar-refractivity contribution in [2.45, 2.75) is 82.7 Å². The summed E-state index contributed by atoms with van der Waals surface area (Å²) in [7, 11) is -2.92. The first kappa shape index (κ1) is 38.0. The summed E-state index contributed by atoms with van der Waals surface area (Å²) in [6, 6.07) is 5.53. The van der Waals surface area contributed by atoms with E-state index in [4.69, 9.17) is 21.0 Å². The molecule has 2 aromatic rings. The number of carbonyl (C=O) groups is 4. The first-order valence-corrected chi connectivity index (χ1v) is 17.3. The number of rotatable bonds is 16. The molecule has 2 aromatic carbocycles. The van der Waals surface area contributed by atoms with Crippen molar-refractivity contribution in [3.63, 3.8) is 0 Å². The van der Waals surface area contributed by atoms with Crippen molar-refractivity contribution in [2.24, 2.45) is 5.73 Å². The van der Waals surface area contributed by atoms with Gasteiger partial charge < -0.3 is 31.1 Å². The van der Waals surface area contributed by atoms with Crippen molar-refractivity contribution in [1.29, 1.82) is 5.41 Å². The van der Waals surface area contributed by atoms with Gasteiger partial charge in [-0.3, -0.25) is 24.6 Å². The van der Waals surface area contributed by atoms with Crippen molar-refractivity contribution >= 4 is 39.5 Å². The molecule has 0 bridgehead atoms. The van der Waals surface area contributed by atoms with Crippen LogP contribution in [0.25, 0.3) is 0 Å². The van der Waals surface area contributed by atoms with Gasteiger partial charge in [-0.05, 0) is 74.8 Å². The number of nitrogens with one attached hydrogen (secondary N) is 4. The molecule has 1 aliphatic rings. The highest BCUT2D eigenvalue weighted by molar-refractivity contribution is 7.89. The Morgan fingerprint density at radius 2 is 1.67 bits per heavy atom. The Morgan fingerprint density at radius 3 is 2.25 bits per heavy atom. The molecule has 1 heterocycles. The van der Waals surface area contributed by atoms with E-state index in [1.165, 1.54) is 7.11 Å². The van der Waals surface area contributed by atoms with Gasteiger partial charge in [-0.1, -0.05) is 24.3 Å². The van der Waals surface area contributed by atoms with Crippen LogP contribution in [0.1, 0.15) is 66.3 Å². The molecule has 0 spiro atoms. The molecule has 14 nitrogen and oxygen atoms in total. The fourth-order valence-electron chi connectivity index (χ4n) is 5.67. The Kier molecular flexibility index (Phi) is 13.5. The maximum absolute atomic E-state index is 13.9. The third-order valence-electron chi connectivity index (χ3n) is 8.35. The molecule has 1 aliphatic heterocycles. The molecule has 1 saturated heterocycles. The zero-order chi connectivity index (χ0) is 35.6. The molecule has 15 heteroatoms. The van der Waals surface area contributed by atoms with Crippen LogP contribution >= 0.6 is 0 Å². The number of ether oxygens (including phenoxy) is 1. The lowest BCUT2D eigenvalue weighted by Gasteiger charge is -2.31. The Labute approximate surface area is 281 Å². The number of aryl methyl sites for hydroxylation is 1. The number of methoxy groups -OCH3 is 1. The predicted octanol–water partition coefficient (Wildman–Crippen LogP) is 1.66. The SMILES string of the molecule is COc1cc(C)c(S(=O)(=O)N[C@@H](CC(=O)NCCCC(=O)O)C(=O)N[C@@H](Cc2ccc(C(=N)N)cc2)C(=O)N2CCCCC2)c(C)c1C. The van der Waals surface area contributed by atoms with Gasteiger partial charge in [0.15, 0.2) is 0 Å². The molecule has 0 aliphatic carbocycles. The largest absolute Gasteiger partial charge is 0.496 e. The lowest BCUT2D eigenvalue weighted by Crippen LogP contribution is -2.56. The summed E-state index contributed by atoms with van der Waals surface area (Å²) in [5, 5.41) is 21.8. The summed E-state index contributed by atoms with van der Waals surface area (Å²) in [5.41, 5.74) is 8.10. The minimum atomic E-state index is -4.40. The second kappa shape index (κ2) is 17.1. The van der Waals surface area contributed by atoms with Crippen LogP contribution in [0.3, 0.4) is 0 Å². The Balaban J connectivity index is 1.95. The fourth-order valence-corrected chi connectivity index (χ4v) is 7.39. The lowest BCUT2D eigenvalue weighted by atomic mass is 10.0. The number of sulfonamides is 1. The van der Waals surface area contributed by atoms with Gasteiger partial charge >= 0.3 is 5.97 Å². The van der Waals surface area contributed by atoms with Gasteiger partial charge in [-0.2, -0.15) is 4.72 Å². The van der Waals surface area contributed by atoms with Crippen molar-refractivity contribution in [1.82, 2.24) is 20.3 Å². The van der Waals surface area contributed by atoms with Crippen LogP contribution < -0.4 is 25.8 Å². The van der Waals surface area contributed by atoms with E-state index >= 15 is 0 Å².